The number of anilines is 1. The highest BCUT2D eigenvalue weighted by Gasteiger charge is 2.21. The van der Waals surface area contributed by atoms with Gasteiger partial charge in [0.2, 0.25) is 0 Å². The molecule has 0 unspecified atom stereocenters. The van der Waals surface area contributed by atoms with E-state index in [9.17, 15) is 9.59 Å². The topological polar surface area (TPSA) is 79.3 Å². The third-order valence-electron chi connectivity index (χ3n) is 4.76. The van der Waals surface area contributed by atoms with Gasteiger partial charge >= 0.3 is 6.03 Å². The lowest BCUT2D eigenvalue weighted by atomic mass is 10.2. The SMILES string of the molecule is Cc1nc2ccccc2n1CCNC(=O)c1ccc(N2CCNC2=O)cc1. The fourth-order valence-electron chi connectivity index (χ4n) is 3.37. The van der Waals surface area contributed by atoms with Crippen LogP contribution in [0.3, 0.4) is 0 Å². The summed E-state index contributed by atoms with van der Waals surface area (Å²) < 4.78 is 2.10. The lowest BCUT2D eigenvalue weighted by Gasteiger charge is -2.14. The van der Waals surface area contributed by atoms with Gasteiger partial charge in [0.15, 0.2) is 0 Å². The predicted octanol–water partition coefficient (Wildman–Crippen LogP) is 2.30. The van der Waals surface area contributed by atoms with Crippen LogP contribution in [0, 0.1) is 6.92 Å². The van der Waals surface area contributed by atoms with Crippen molar-refractivity contribution in [3.8, 4) is 0 Å². The Morgan fingerprint density at radius 3 is 2.70 bits per heavy atom. The van der Waals surface area contributed by atoms with Crippen LogP contribution < -0.4 is 15.5 Å². The highest BCUT2D eigenvalue weighted by molar-refractivity contribution is 5.97. The Balaban J connectivity index is 1.38. The molecule has 0 atom stereocenters. The van der Waals surface area contributed by atoms with E-state index in [1.165, 1.54) is 0 Å². The first kappa shape index (κ1) is 17.1. The highest BCUT2D eigenvalue weighted by atomic mass is 16.2. The van der Waals surface area contributed by atoms with E-state index in [1.807, 2.05) is 31.2 Å². The summed E-state index contributed by atoms with van der Waals surface area (Å²) in [4.78, 5) is 30.3. The molecule has 0 aliphatic carbocycles. The molecule has 2 heterocycles. The Kier molecular flexibility index (Phi) is 4.50. The molecule has 0 radical (unpaired) electrons. The summed E-state index contributed by atoms with van der Waals surface area (Å²) in [6.45, 7) is 4.42. The van der Waals surface area contributed by atoms with Gasteiger partial charge in [-0.25, -0.2) is 9.78 Å². The largest absolute Gasteiger partial charge is 0.350 e. The third kappa shape index (κ3) is 3.36. The number of carbonyl (C=O) groups excluding carboxylic acids is 2. The second kappa shape index (κ2) is 7.11. The van der Waals surface area contributed by atoms with Crippen molar-refractivity contribution >= 4 is 28.7 Å². The summed E-state index contributed by atoms with van der Waals surface area (Å²) in [6.07, 6.45) is 0. The number of benzene rings is 2. The smallest absolute Gasteiger partial charge is 0.321 e. The number of urea groups is 1. The number of nitrogens with one attached hydrogen (secondary N) is 2. The quantitative estimate of drug-likeness (QED) is 0.730. The summed E-state index contributed by atoms with van der Waals surface area (Å²) in [7, 11) is 0. The lowest BCUT2D eigenvalue weighted by molar-refractivity contribution is 0.0952. The van der Waals surface area contributed by atoms with E-state index in [1.54, 1.807) is 29.2 Å². The molecule has 1 saturated heterocycles. The van der Waals surface area contributed by atoms with Crippen molar-refractivity contribution in [1.29, 1.82) is 0 Å². The van der Waals surface area contributed by atoms with Gasteiger partial charge in [0.1, 0.15) is 5.82 Å². The van der Waals surface area contributed by atoms with E-state index < -0.39 is 0 Å². The molecule has 3 amide bonds. The summed E-state index contributed by atoms with van der Waals surface area (Å²) >= 11 is 0. The second-order valence-electron chi connectivity index (χ2n) is 6.49. The third-order valence-corrected chi connectivity index (χ3v) is 4.76. The number of amides is 3. The first-order valence-electron chi connectivity index (χ1n) is 8.99. The number of aryl methyl sites for hydroxylation is 1. The maximum atomic E-state index is 12.4. The lowest BCUT2D eigenvalue weighted by Crippen LogP contribution is -2.28. The first-order valence-corrected chi connectivity index (χ1v) is 8.99. The number of carbonyl (C=O) groups is 2. The number of rotatable bonds is 5. The van der Waals surface area contributed by atoms with Crippen LogP contribution in [-0.4, -0.2) is 41.1 Å². The number of para-hydroxylation sites is 2. The number of imidazole rings is 1. The van der Waals surface area contributed by atoms with Gasteiger partial charge in [-0.05, 0) is 43.3 Å². The number of aromatic nitrogens is 2. The molecule has 138 valence electrons. The van der Waals surface area contributed by atoms with Crippen LogP contribution in [0.25, 0.3) is 11.0 Å². The fraction of sp³-hybridized carbons (Fsp3) is 0.250. The molecule has 27 heavy (non-hydrogen) atoms. The van der Waals surface area contributed by atoms with Crippen LogP contribution in [0.4, 0.5) is 10.5 Å². The van der Waals surface area contributed by atoms with E-state index in [0.29, 0.717) is 31.7 Å². The minimum absolute atomic E-state index is 0.102. The van der Waals surface area contributed by atoms with E-state index >= 15 is 0 Å². The van der Waals surface area contributed by atoms with Crippen LogP contribution in [-0.2, 0) is 6.54 Å². The fourth-order valence-corrected chi connectivity index (χ4v) is 3.37. The zero-order valence-corrected chi connectivity index (χ0v) is 15.1. The summed E-state index contributed by atoms with van der Waals surface area (Å²) in [5.41, 5.74) is 3.40. The Bertz CT molecular complexity index is 993. The zero-order valence-electron chi connectivity index (χ0n) is 15.1. The first-order chi connectivity index (χ1) is 13.1. The molecule has 2 N–H and O–H groups in total. The van der Waals surface area contributed by atoms with Crippen molar-refractivity contribution in [2.75, 3.05) is 24.5 Å². The molecule has 7 nitrogen and oxygen atoms in total. The Morgan fingerprint density at radius 1 is 1.19 bits per heavy atom. The number of hydrogen-bond acceptors (Lipinski definition) is 3. The zero-order chi connectivity index (χ0) is 18.8. The van der Waals surface area contributed by atoms with Gasteiger partial charge in [-0.2, -0.15) is 0 Å². The van der Waals surface area contributed by atoms with E-state index in [0.717, 1.165) is 22.5 Å². The molecular formula is C20H21N5O2. The molecule has 1 fully saturated rings. The van der Waals surface area contributed by atoms with Crippen LogP contribution in [0.1, 0.15) is 16.2 Å². The van der Waals surface area contributed by atoms with E-state index in [2.05, 4.69) is 20.2 Å². The normalized spacial score (nSPS) is 13.8. The Hall–Kier alpha value is -3.35. The predicted molar refractivity (Wildman–Crippen MR) is 104 cm³/mol. The Morgan fingerprint density at radius 2 is 1.96 bits per heavy atom. The standard InChI is InChI=1S/C20H21N5O2/c1-14-23-17-4-2-3-5-18(17)24(14)12-10-21-19(26)15-6-8-16(9-7-15)25-13-11-22-20(25)27/h2-9H,10-13H2,1H3,(H,21,26)(H,22,27). The van der Waals surface area contributed by atoms with Crippen molar-refractivity contribution in [1.82, 2.24) is 20.2 Å². The average molecular weight is 363 g/mol. The molecule has 7 heteroatoms. The van der Waals surface area contributed by atoms with Gasteiger partial charge in [0.05, 0.1) is 11.0 Å². The van der Waals surface area contributed by atoms with Gasteiger partial charge in [0.25, 0.3) is 5.91 Å². The van der Waals surface area contributed by atoms with Crippen LogP contribution in [0.15, 0.2) is 48.5 Å². The van der Waals surface area contributed by atoms with Gasteiger partial charge in [0, 0.05) is 37.4 Å². The molecule has 2 aromatic carbocycles. The van der Waals surface area contributed by atoms with Crippen molar-refractivity contribution in [2.24, 2.45) is 0 Å². The molecule has 0 bridgehead atoms. The van der Waals surface area contributed by atoms with Crippen LogP contribution in [0.5, 0.6) is 0 Å². The van der Waals surface area contributed by atoms with Gasteiger partial charge in [-0.1, -0.05) is 12.1 Å². The molecule has 1 aromatic heterocycles. The minimum atomic E-state index is -0.130. The van der Waals surface area contributed by atoms with Crippen molar-refractivity contribution in [3.05, 3.63) is 59.9 Å². The summed E-state index contributed by atoms with van der Waals surface area (Å²) in [6, 6.07) is 15.0. The minimum Gasteiger partial charge on any atom is -0.350 e. The highest BCUT2D eigenvalue weighted by Crippen LogP contribution is 2.17. The summed E-state index contributed by atoms with van der Waals surface area (Å²) in [5.74, 6) is 0.799. The summed E-state index contributed by atoms with van der Waals surface area (Å²) in [5, 5.41) is 5.71. The monoisotopic (exact) mass is 363 g/mol. The molecule has 0 saturated carbocycles. The van der Waals surface area contributed by atoms with E-state index in [-0.39, 0.29) is 11.9 Å². The number of hydrogen-bond donors (Lipinski definition) is 2. The molecule has 1 aliphatic heterocycles. The van der Waals surface area contributed by atoms with Crippen molar-refractivity contribution < 1.29 is 9.59 Å². The maximum absolute atomic E-state index is 12.4. The van der Waals surface area contributed by atoms with Crippen LogP contribution >= 0.6 is 0 Å². The van der Waals surface area contributed by atoms with Crippen molar-refractivity contribution in [3.63, 3.8) is 0 Å². The molecule has 4 rings (SSSR count). The van der Waals surface area contributed by atoms with E-state index in [4.69, 9.17) is 0 Å². The van der Waals surface area contributed by atoms with Gasteiger partial charge in [-0.3, -0.25) is 9.69 Å². The second-order valence-corrected chi connectivity index (χ2v) is 6.49. The van der Waals surface area contributed by atoms with Crippen LogP contribution in [0.2, 0.25) is 0 Å². The molecule has 1 aliphatic rings. The van der Waals surface area contributed by atoms with Gasteiger partial charge in [-0.15, -0.1) is 0 Å². The van der Waals surface area contributed by atoms with Gasteiger partial charge < -0.3 is 15.2 Å². The van der Waals surface area contributed by atoms with Crippen molar-refractivity contribution in [2.45, 2.75) is 13.5 Å². The molecule has 0 spiro atoms. The average Bonchev–Trinajstić information content (AvgIpc) is 3.25. The Labute approximate surface area is 157 Å². The number of nitrogens with zero attached hydrogens (tertiary/aromatic N) is 3. The molecule has 3 aromatic rings. The number of fused-ring (bicyclic) bond motifs is 1. The maximum Gasteiger partial charge on any atom is 0.321 e. The molecular weight excluding hydrogens is 342 g/mol.